The van der Waals surface area contributed by atoms with Gasteiger partial charge in [0, 0.05) is 12.0 Å². The van der Waals surface area contributed by atoms with Gasteiger partial charge in [-0.15, -0.1) is 11.3 Å². The first kappa shape index (κ1) is 14.5. The molecular weight excluding hydrogens is 262 g/mol. The van der Waals surface area contributed by atoms with Crippen molar-refractivity contribution in [2.75, 3.05) is 7.11 Å². The Morgan fingerprint density at radius 2 is 2.16 bits per heavy atom. The third kappa shape index (κ3) is 3.55. The molecule has 1 saturated carbocycles. The molecule has 4 nitrogen and oxygen atoms in total. The number of rotatable bonds is 3. The highest BCUT2D eigenvalue weighted by Gasteiger charge is 2.31. The third-order valence-electron chi connectivity index (χ3n) is 3.63. The van der Waals surface area contributed by atoms with E-state index < -0.39 is 6.10 Å². The van der Waals surface area contributed by atoms with E-state index in [0.717, 1.165) is 30.6 Å². The van der Waals surface area contributed by atoms with Crippen molar-refractivity contribution in [2.45, 2.75) is 50.9 Å². The highest BCUT2D eigenvalue weighted by molar-refractivity contribution is 7.13. The molecule has 0 aliphatic heterocycles. The highest BCUT2D eigenvalue weighted by Crippen LogP contribution is 2.22. The zero-order valence-electron chi connectivity index (χ0n) is 11.4. The van der Waals surface area contributed by atoms with E-state index in [-0.39, 0.29) is 18.1 Å². The van der Waals surface area contributed by atoms with Crippen LogP contribution >= 0.6 is 11.3 Å². The van der Waals surface area contributed by atoms with Gasteiger partial charge in [-0.3, -0.25) is 4.79 Å². The predicted molar refractivity (Wildman–Crippen MR) is 75.6 cm³/mol. The lowest BCUT2D eigenvalue weighted by Crippen LogP contribution is -2.47. The second kappa shape index (κ2) is 6.50. The maximum Gasteiger partial charge on any atom is 0.261 e. The zero-order chi connectivity index (χ0) is 13.8. The fraction of sp³-hybridized carbons (Fsp3) is 0.643. The minimum Gasteiger partial charge on any atom is -0.388 e. The Kier molecular flexibility index (Phi) is 4.96. The van der Waals surface area contributed by atoms with Gasteiger partial charge in [-0.1, -0.05) is 12.8 Å². The second-order valence-electron chi connectivity index (χ2n) is 5.04. The van der Waals surface area contributed by atoms with Gasteiger partial charge < -0.3 is 15.2 Å². The first-order chi connectivity index (χ1) is 9.11. The van der Waals surface area contributed by atoms with Gasteiger partial charge in [0.15, 0.2) is 0 Å². The van der Waals surface area contributed by atoms with Crippen LogP contribution in [0.2, 0.25) is 0 Å². The number of aliphatic hydroxyl groups is 1. The molecule has 1 aliphatic carbocycles. The van der Waals surface area contributed by atoms with Crippen LogP contribution in [0.15, 0.2) is 12.1 Å². The molecule has 1 aliphatic rings. The van der Waals surface area contributed by atoms with Gasteiger partial charge in [0.05, 0.1) is 17.0 Å². The van der Waals surface area contributed by atoms with E-state index in [9.17, 15) is 9.90 Å². The lowest BCUT2D eigenvalue weighted by molar-refractivity contribution is -0.0277. The molecule has 19 heavy (non-hydrogen) atoms. The summed E-state index contributed by atoms with van der Waals surface area (Å²) in [5.74, 6) is -0.0982. The molecule has 0 bridgehead atoms. The number of ether oxygens (including phenoxy) is 1. The summed E-state index contributed by atoms with van der Waals surface area (Å²) in [6, 6.07) is 3.54. The number of hydrogen-bond acceptors (Lipinski definition) is 4. The van der Waals surface area contributed by atoms with Crippen molar-refractivity contribution < 1.29 is 14.6 Å². The average molecular weight is 283 g/mol. The Morgan fingerprint density at radius 3 is 2.79 bits per heavy atom. The quantitative estimate of drug-likeness (QED) is 0.835. The molecule has 5 heteroatoms. The summed E-state index contributed by atoms with van der Waals surface area (Å²) < 4.78 is 5.31. The smallest absolute Gasteiger partial charge is 0.261 e. The van der Waals surface area contributed by atoms with E-state index in [1.165, 1.54) is 11.3 Å². The predicted octanol–water partition coefficient (Wildman–Crippen LogP) is 2.10. The summed E-state index contributed by atoms with van der Waals surface area (Å²) in [5, 5.41) is 13.2. The number of carbonyl (C=O) groups excluding carboxylic acids is 1. The van der Waals surface area contributed by atoms with E-state index >= 15 is 0 Å². The number of carbonyl (C=O) groups is 1. The molecule has 0 aromatic carbocycles. The van der Waals surface area contributed by atoms with Crippen molar-refractivity contribution in [1.82, 2.24) is 5.32 Å². The summed E-state index contributed by atoms with van der Waals surface area (Å²) in [6.07, 6.45) is 2.88. The fourth-order valence-electron chi connectivity index (χ4n) is 2.52. The number of aliphatic hydroxyl groups excluding tert-OH is 1. The first-order valence-corrected chi connectivity index (χ1v) is 7.51. The number of nitrogens with one attached hydrogen (secondary N) is 1. The van der Waals surface area contributed by atoms with Crippen LogP contribution in [-0.2, 0) is 4.74 Å². The summed E-state index contributed by atoms with van der Waals surface area (Å²) >= 11 is 1.47. The van der Waals surface area contributed by atoms with Gasteiger partial charge in [-0.05, 0) is 31.9 Å². The van der Waals surface area contributed by atoms with Crippen molar-refractivity contribution in [3.63, 3.8) is 0 Å². The van der Waals surface area contributed by atoms with Crippen molar-refractivity contribution in [3.05, 3.63) is 21.9 Å². The molecule has 3 atom stereocenters. The van der Waals surface area contributed by atoms with Crippen LogP contribution in [0.1, 0.15) is 40.2 Å². The van der Waals surface area contributed by atoms with E-state index in [2.05, 4.69) is 5.32 Å². The lowest BCUT2D eigenvalue weighted by Gasteiger charge is -2.26. The van der Waals surface area contributed by atoms with E-state index in [1.54, 1.807) is 7.11 Å². The molecule has 1 fully saturated rings. The zero-order valence-corrected chi connectivity index (χ0v) is 12.2. The van der Waals surface area contributed by atoms with Crippen molar-refractivity contribution in [3.8, 4) is 0 Å². The molecule has 2 N–H and O–H groups in total. The standard InChI is InChI=1S/C14H21NO3S/c1-9-7-8-12(19-9)14(17)15-10-5-3-4-6-11(18-2)13(10)16/h7-8,10-11,13,16H,3-6H2,1-2H3,(H,15,17)/t10-,11-,13-/m1/s1. The molecule has 0 spiro atoms. The molecular formula is C14H21NO3S. The fourth-order valence-corrected chi connectivity index (χ4v) is 3.29. The van der Waals surface area contributed by atoms with Gasteiger partial charge in [-0.25, -0.2) is 0 Å². The van der Waals surface area contributed by atoms with Gasteiger partial charge in [0.25, 0.3) is 5.91 Å². The molecule has 0 saturated heterocycles. The van der Waals surface area contributed by atoms with Crippen LogP contribution in [0.5, 0.6) is 0 Å². The highest BCUT2D eigenvalue weighted by atomic mass is 32.1. The SMILES string of the molecule is CO[C@@H]1CCCC[C@@H](NC(=O)c2ccc(C)s2)[C@H]1O. The molecule has 1 heterocycles. The Hall–Kier alpha value is -0.910. The van der Waals surface area contributed by atoms with Crippen LogP contribution < -0.4 is 5.32 Å². The van der Waals surface area contributed by atoms with Crippen molar-refractivity contribution in [1.29, 1.82) is 0 Å². The largest absolute Gasteiger partial charge is 0.388 e. The summed E-state index contributed by atoms with van der Waals surface area (Å²) in [6.45, 7) is 1.98. The third-order valence-corrected chi connectivity index (χ3v) is 4.63. The number of hydrogen-bond donors (Lipinski definition) is 2. The maximum absolute atomic E-state index is 12.1. The minimum absolute atomic E-state index is 0.0982. The van der Waals surface area contributed by atoms with Gasteiger partial charge in [0.1, 0.15) is 6.10 Å². The molecule has 0 radical (unpaired) electrons. The van der Waals surface area contributed by atoms with Crippen LogP contribution in [-0.4, -0.2) is 36.4 Å². The summed E-state index contributed by atoms with van der Waals surface area (Å²) in [5.41, 5.74) is 0. The van der Waals surface area contributed by atoms with Crippen LogP contribution in [0.4, 0.5) is 0 Å². The molecule has 2 rings (SSSR count). The maximum atomic E-state index is 12.1. The normalized spacial score (nSPS) is 27.8. The van der Waals surface area contributed by atoms with E-state index in [4.69, 9.17) is 4.74 Å². The second-order valence-corrected chi connectivity index (χ2v) is 6.33. The van der Waals surface area contributed by atoms with E-state index in [0.29, 0.717) is 4.88 Å². The summed E-state index contributed by atoms with van der Waals surface area (Å²) in [7, 11) is 1.61. The number of thiophene rings is 1. The Labute approximate surface area is 117 Å². The lowest BCUT2D eigenvalue weighted by atomic mass is 10.0. The average Bonchev–Trinajstić information content (AvgIpc) is 2.75. The van der Waals surface area contributed by atoms with E-state index in [1.807, 2.05) is 19.1 Å². The van der Waals surface area contributed by atoms with Crippen LogP contribution in [0.25, 0.3) is 0 Å². The monoisotopic (exact) mass is 283 g/mol. The minimum atomic E-state index is -0.627. The number of amides is 1. The molecule has 1 aromatic heterocycles. The Bertz CT molecular complexity index is 432. The summed E-state index contributed by atoms with van der Waals surface area (Å²) in [4.78, 5) is 13.9. The Morgan fingerprint density at radius 1 is 1.42 bits per heavy atom. The molecule has 1 aromatic rings. The molecule has 1 amide bonds. The van der Waals surface area contributed by atoms with Crippen molar-refractivity contribution >= 4 is 17.2 Å². The number of aryl methyl sites for hydroxylation is 1. The van der Waals surface area contributed by atoms with Crippen LogP contribution in [0.3, 0.4) is 0 Å². The topological polar surface area (TPSA) is 58.6 Å². The van der Waals surface area contributed by atoms with Gasteiger partial charge >= 0.3 is 0 Å². The van der Waals surface area contributed by atoms with Crippen molar-refractivity contribution in [2.24, 2.45) is 0 Å². The van der Waals surface area contributed by atoms with Gasteiger partial charge in [0.2, 0.25) is 0 Å². The first-order valence-electron chi connectivity index (χ1n) is 6.70. The molecule has 0 unspecified atom stereocenters. The van der Waals surface area contributed by atoms with Crippen LogP contribution in [0, 0.1) is 6.92 Å². The molecule has 106 valence electrons. The Balaban J connectivity index is 2.02. The number of methoxy groups -OCH3 is 1. The van der Waals surface area contributed by atoms with Gasteiger partial charge in [-0.2, -0.15) is 0 Å².